The van der Waals surface area contributed by atoms with E-state index in [4.69, 9.17) is 14.2 Å². The summed E-state index contributed by atoms with van der Waals surface area (Å²) in [5.74, 6) is -0.959. The normalized spacial score (nSPS) is 25.8. The summed E-state index contributed by atoms with van der Waals surface area (Å²) in [6.07, 6.45) is 1.36. The van der Waals surface area contributed by atoms with Gasteiger partial charge < -0.3 is 14.2 Å². The Kier molecular flexibility index (Phi) is 5.57. The van der Waals surface area contributed by atoms with E-state index in [1.54, 1.807) is 0 Å². The van der Waals surface area contributed by atoms with E-state index in [0.29, 0.717) is 13.0 Å². The van der Waals surface area contributed by atoms with Crippen LogP contribution in [0.15, 0.2) is 66.2 Å². The molecule has 0 N–H and O–H groups in total. The van der Waals surface area contributed by atoms with Gasteiger partial charge in [-0.15, -0.1) is 0 Å². The second-order valence-corrected chi connectivity index (χ2v) is 8.28. The molecule has 3 unspecified atom stereocenters. The molecule has 2 fully saturated rings. The molecule has 1 saturated heterocycles. The van der Waals surface area contributed by atoms with E-state index in [0.717, 1.165) is 6.42 Å². The van der Waals surface area contributed by atoms with Crippen molar-refractivity contribution in [3.05, 3.63) is 77.4 Å². The molecule has 2 aromatic rings. The monoisotopic (exact) mass is 392 g/mol. The van der Waals surface area contributed by atoms with Crippen molar-refractivity contribution >= 4 is 11.5 Å². The highest BCUT2D eigenvalue weighted by Crippen LogP contribution is 2.46. The molecule has 1 aliphatic carbocycles. The van der Waals surface area contributed by atoms with Crippen molar-refractivity contribution in [3.8, 4) is 0 Å². The van der Waals surface area contributed by atoms with Crippen molar-refractivity contribution < 1.29 is 19.0 Å². The van der Waals surface area contributed by atoms with Gasteiger partial charge >= 0.3 is 5.97 Å². The molecule has 2 aromatic carbocycles. The molecule has 1 aliphatic heterocycles. The van der Waals surface area contributed by atoms with Crippen molar-refractivity contribution in [2.24, 2.45) is 11.8 Å². The van der Waals surface area contributed by atoms with Crippen LogP contribution in [0.2, 0.25) is 0 Å². The lowest BCUT2D eigenvalue weighted by molar-refractivity contribution is -0.157. The number of carbonyl (C=O) groups excluding carboxylic acids is 1. The molecule has 1 saturated carbocycles. The lowest BCUT2D eigenvalue weighted by Gasteiger charge is -2.24. The summed E-state index contributed by atoms with van der Waals surface area (Å²) in [6.45, 7) is 4.35. The van der Waals surface area contributed by atoms with Crippen molar-refractivity contribution in [2.75, 3.05) is 13.7 Å². The van der Waals surface area contributed by atoms with Crippen LogP contribution >= 0.6 is 0 Å². The van der Waals surface area contributed by atoms with E-state index in [9.17, 15) is 4.79 Å². The average Bonchev–Trinajstić information content (AvgIpc) is 3.32. The molecule has 1 heterocycles. The Morgan fingerprint density at radius 3 is 2.03 bits per heavy atom. The second-order valence-electron chi connectivity index (χ2n) is 8.28. The van der Waals surface area contributed by atoms with Crippen LogP contribution in [-0.4, -0.2) is 31.6 Å². The van der Waals surface area contributed by atoms with Crippen LogP contribution in [0.1, 0.15) is 37.8 Å². The van der Waals surface area contributed by atoms with Crippen molar-refractivity contribution in [1.29, 1.82) is 0 Å². The summed E-state index contributed by atoms with van der Waals surface area (Å²) in [6, 6.07) is 20.8. The first kappa shape index (κ1) is 19.9. The Balaban J connectivity index is 1.76. The van der Waals surface area contributed by atoms with Crippen LogP contribution in [0, 0.1) is 11.8 Å². The van der Waals surface area contributed by atoms with Gasteiger partial charge in [0.2, 0.25) is 0 Å². The number of rotatable bonds is 4. The van der Waals surface area contributed by atoms with Crippen LogP contribution in [0.3, 0.4) is 0 Å². The first-order valence-corrected chi connectivity index (χ1v) is 10.2. The summed E-state index contributed by atoms with van der Waals surface area (Å²) in [4.78, 5) is 12.6. The van der Waals surface area contributed by atoms with Crippen LogP contribution in [0.4, 0.5) is 0 Å². The van der Waals surface area contributed by atoms with E-state index in [2.05, 4.69) is 48.5 Å². The standard InChI is InChI=1S/C25H28O4/c1-25(2)28-16-22(29-25)20-14-19(15-21(20)24(26)27-3)23(17-10-6-4-7-11-17)18-12-8-5-9-13-18/h4-13,20-22H,14-16H2,1-3H3. The molecular weight excluding hydrogens is 364 g/mol. The number of allylic oxidation sites excluding steroid dienone is 1. The first-order valence-electron chi connectivity index (χ1n) is 10.2. The molecule has 3 atom stereocenters. The van der Waals surface area contributed by atoms with Crippen LogP contribution < -0.4 is 0 Å². The Labute approximate surface area is 172 Å². The lowest BCUT2D eigenvalue weighted by atomic mass is 9.90. The minimum atomic E-state index is -0.612. The van der Waals surface area contributed by atoms with Crippen molar-refractivity contribution in [2.45, 2.75) is 38.6 Å². The molecule has 4 heteroatoms. The van der Waals surface area contributed by atoms with Gasteiger partial charge in [-0.25, -0.2) is 0 Å². The molecule has 0 radical (unpaired) electrons. The van der Waals surface area contributed by atoms with Gasteiger partial charge in [0, 0.05) is 5.92 Å². The SMILES string of the molecule is COC(=O)C1CC(=C(c2ccccc2)c2ccccc2)CC1C1COC(C)(C)O1. The minimum Gasteiger partial charge on any atom is -0.469 e. The molecule has 0 spiro atoms. The summed E-state index contributed by atoms with van der Waals surface area (Å²) < 4.78 is 17.1. The smallest absolute Gasteiger partial charge is 0.309 e. The van der Waals surface area contributed by atoms with Gasteiger partial charge in [-0.3, -0.25) is 4.79 Å². The maximum absolute atomic E-state index is 12.6. The molecule has 29 heavy (non-hydrogen) atoms. The topological polar surface area (TPSA) is 44.8 Å². The summed E-state index contributed by atoms with van der Waals surface area (Å²) in [7, 11) is 1.46. The first-order chi connectivity index (χ1) is 14.0. The Hall–Kier alpha value is -2.43. The number of hydrogen-bond donors (Lipinski definition) is 0. The number of methoxy groups -OCH3 is 1. The highest BCUT2D eigenvalue weighted by Gasteiger charge is 2.47. The van der Waals surface area contributed by atoms with Crippen molar-refractivity contribution in [3.63, 3.8) is 0 Å². The fraction of sp³-hybridized carbons (Fsp3) is 0.400. The maximum Gasteiger partial charge on any atom is 0.309 e. The lowest BCUT2D eigenvalue weighted by Crippen LogP contribution is -2.32. The number of esters is 1. The van der Waals surface area contributed by atoms with E-state index in [-0.39, 0.29) is 23.9 Å². The third kappa shape index (κ3) is 4.14. The summed E-state index contributed by atoms with van der Waals surface area (Å²) in [5, 5.41) is 0. The number of benzene rings is 2. The van der Waals surface area contributed by atoms with Gasteiger partial charge in [0.05, 0.1) is 25.7 Å². The third-order valence-electron chi connectivity index (χ3n) is 5.96. The molecular formula is C25H28O4. The van der Waals surface area contributed by atoms with E-state index < -0.39 is 5.79 Å². The Morgan fingerprint density at radius 2 is 1.55 bits per heavy atom. The van der Waals surface area contributed by atoms with Crippen LogP contribution in [-0.2, 0) is 19.0 Å². The highest BCUT2D eigenvalue weighted by atomic mass is 16.7. The minimum absolute atomic E-state index is 0.0432. The van der Waals surface area contributed by atoms with Gasteiger partial charge in [-0.2, -0.15) is 0 Å². The zero-order valence-electron chi connectivity index (χ0n) is 17.3. The Morgan fingerprint density at radius 1 is 0.966 bits per heavy atom. The largest absolute Gasteiger partial charge is 0.469 e. The van der Waals surface area contributed by atoms with Gasteiger partial charge in [0.15, 0.2) is 5.79 Å². The molecule has 4 rings (SSSR count). The maximum atomic E-state index is 12.6. The quantitative estimate of drug-likeness (QED) is 0.699. The highest BCUT2D eigenvalue weighted by molar-refractivity contribution is 5.84. The van der Waals surface area contributed by atoms with Gasteiger partial charge in [-0.1, -0.05) is 66.2 Å². The number of carbonyl (C=O) groups is 1. The van der Waals surface area contributed by atoms with Crippen molar-refractivity contribution in [1.82, 2.24) is 0 Å². The molecule has 0 amide bonds. The fourth-order valence-corrected chi connectivity index (χ4v) is 4.64. The van der Waals surface area contributed by atoms with Gasteiger partial charge in [-0.05, 0) is 43.4 Å². The Bertz CT molecular complexity index is 844. The zero-order chi connectivity index (χ0) is 20.4. The summed E-state index contributed by atoms with van der Waals surface area (Å²) in [5.41, 5.74) is 4.82. The third-order valence-corrected chi connectivity index (χ3v) is 5.96. The molecule has 0 aromatic heterocycles. The zero-order valence-corrected chi connectivity index (χ0v) is 17.3. The summed E-state index contributed by atoms with van der Waals surface area (Å²) >= 11 is 0. The molecule has 0 bridgehead atoms. The predicted molar refractivity (Wildman–Crippen MR) is 112 cm³/mol. The van der Waals surface area contributed by atoms with Crippen LogP contribution in [0.5, 0.6) is 0 Å². The van der Waals surface area contributed by atoms with E-state index >= 15 is 0 Å². The van der Waals surface area contributed by atoms with E-state index in [1.807, 2.05) is 26.0 Å². The fourth-order valence-electron chi connectivity index (χ4n) is 4.64. The molecule has 4 nitrogen and oxygen atoms in total. The van der Waals surface area contributed by atoms with Gasteiger partial charge in [0.1, 0.15) is 0 Å². The molecule has 152 valence electrons. The average molecular weight is 392 g/mol. The van der Waals surface area contributed by atoms with Crippen LogP contribution in [0.25, 0.3) is 5.57 Å². The van der Waals surface area contributed by atoms with Gasteiger partial charge in [0.25, 0.3) is 0 Å². The second kappa shape index (κ2) is 8.13. The predicted octanol–water partition coefficient (Wildman–Crippen LogP) is 4.84. The number of ether oxygens (including phenoxy) is 3. The number of hydrogen-bond acceptors (Lipinski definition) is 4. The van der Waals surface area contributed by atoms with E-state index in [1.165, 1.54) is 29.4 Å². The molecule has 2 aliphatic rings.